The largest absolute Gasteiger partial charge is 0.476 e. The van der Waals surface area contributed by atoms with Crippen molar-refractivity contribution in [2.45, 2.75) is 13.8 Å². The highest BCUT2D eigenvalue weighted by molar-refractivity contribution is 8.10. The summed E-state index contributed by atoms with van der Waals surface area (Å²) >= 11 is 1.33. The fraction of sp³-hybridized carbons (Fsp3) is 0.333. The second-order valence-electron chi connectivity index (χ2n) is 6.46. The van der Waals surface area contributed by atoms with Crippen molar-refractivity contribution >= 4 is 34.7 Å². The Kier molecular flexibility index (Phi) is 9.30. The first kappa shape index (κ1) is 23.4. The Morgan fingerprint density at radius 3 is 2.80 bits per heavy atom. The number of fused-ring (bicyclic) bond motifs is 2. The summed E-state index contributed by atoms with van der Waals surface area (Å²) in [6.45, 7) is 9.47. The SMILES string of the molecule is C=C1S/C=C(\C)C(=O)NC(/C=N\C)=C(/C)C(=O)NCCNCCOc2cc1ccn2. The molecule has 1 aromatic heterocycles. The molecule has 0 fully saturated rings. The molecule has 2 bridgehead atoms. The number of pyridine rings is 1. The number of amides is 2. The van der Waals surface area contributed by atoms with E-state index in [0.717, 1.165) is 10.5 Å². The topological polar surface area (TPSA) is 105 Å². The molecule has 2 amide bonds. The number of hydrogen-bond donors (Lipinski definition) is 3. The van der Waals surface area contributed by atoms with Gasteiger partial charge in [-0.25, -0.2) is 4.98 Å². The molecule has 2 heterocycles. The van der Waals surface area contributed by atoms with Crippen molar-refractivity contribution in [1.82, 2.24) is 20.9 Å². The number of hydrogen-bond acceptors (Lipinski definition) is 7. The van der Waals surface area contributed by atoms with Gasteiger partial charge in [0.15, 0.2) is 0 Å². The molecule has 0 atom stereocenters. The lowest BCUT2D eigenvalue weighted by Crippen LogP contribution is -2.35. The average Bonchev–Trinajstić information content (AvgIpc) is 2.75. The van der Waals surface area contributed by atoms with Crippen LogP contribution in [0.1, 0.15) is 19.4 Å². The molecular formula is C21H27N5O3S. The molecule has 1 aliphatic heterocycles. The van der Waals surface area contributed by atoms with Crippen LogP contribution in [0.3, 0.4) is 0 Å². The molecule has 0 unspecified atom stereocenters. The van der Waals surface area contributed by atoms with Crippen LogP contribution in [0, 0.1) is 0 Å². The van der Waals surface area contributed by atoms with E-state index in [9.17, 15) is 9.59 Å². The van der Waals surface area contributed by atoms with E-state index in [1.807, 2.05) is 12.1 Å². The van der Waals surface area contributed by atoms with Gasteiger partial charge in [0, 0.05) is 61.2 Å². The summed E-state index contributed by atoms with van der Waals surface area (Å²) in [6, 6.07) is 3.65. The minimum absolute atomic E-state index is 0.272. The van der Waals surface area contributed by atoms with Gasteiger partial charge in [-0.3, -0.25) is 14.6 Å². The summed E-state index contributed by atoms with van der Waals surface area (Å²) in [5.41, 5.74) is 2.07. The maximum absolute atomic E-state index is 12.6. The number of aliphatic imine (C=N–C) groups is 1. The molecule has 8 nitrogen and oxygen atoms in total. The first-order chi connectivity index (χ1) is 14.4. The van der Waals surface area contributed by atoms with Gasteiger partial charge in [-0.2, -0.15) is 0 Å². The zero-order chi connectivity index (χ0) is 21.9. The van der Waals surface area contributed by atoms with Crippen LogP contribution in [0.15, 0.2) is 52.2 Å². The lowest BCUT2D eigenvalue weighted by Gasteiger charge is -2.11. The summed E-state index contributed by atoms with van der Waals surface area (Å²) in [4.78, 5) is 33.9. The van der Waals surface area contributed by atoms with Gasteiger partial charge >= 0.3 is 0 Å². The number of nitrogens with one attached hydrogen (secondary N) is 3. The Balaban J connectivity index is 2.26. The van der Waals surface area contributed by atoms with Crippen molar-refractivity contribution < 1.29 is 14.3 Å². The summed E-state index contributed by atoms with van der Waals surface area (Å²) in [6.07, 6.45) is 3.12. The molecule has 0 saturated heterocycles. The predicted molar refractivity (Wildman–Crippen MR) is 121 cm³/mol. The molecule has 2 rings (SSSR count). The van der Waals surface area contributed by atoms with Crippen molar-refractivity contribution in [3.8, 4) is 5.88 Å². The van der Waals surface area contributed by atoms with E-state index >= 15 is 0 Å². The molecule has 30 heavy (non-hydrogen) atoms. The predicted octanol–water partition coefficient (Wildman–Crippen LogP) is 1.88. The third-order valence-electron chi connectivity index (χ3n) is 4.16. The van der Waals surface area contributed by atoms with E-state index in [-0.39, 0.29) is 11.8 Å². The normalized spacial score (nSPS) is 22.1. The van der Waals surface area contributed by atoms with Gasteiger partial charge in [0.2, 0.25) is 11.8 Å². The summed E-state index contributed by atoms with van der Waals surface area (Å²) in [5, 5.41) is 10.5. The summed E-state index contributed by atoms with van der Waals surface area (Å²) < 4.78 is 5.66. The van der Waals surface area contributed by atoms with E-state index in [1.165, 1.54) is 18.0 Å². The second-order valence-corrected chi connectivity index (χ2v) is 7.42. The van der Waals surface area contributed by atoms with Gasteiger partial charge in [-0.05, 0) is 30.9 Å². The zero-order valence-corrected chi connectivity index (χ0v) is 18.3. The van der Waals surface area contributed by atoms with E-state index in [0.29, 0.717) is 49.0 Å². The third kappa shape index (κ3) is 7.16. The highest BCUT2D eigenvalue weighted by Crippen LogP contribution is 2.29. The smallest absolute Gasteiger partial charge is 0.251 e. The Hall–Kier alpha value is -2.91. The standard InChI is InChI=1S/C21H27N5O3S/c1-14-13-30-16(3)17-5-6-24-19(11-17)29-10-9-23-7-8-25-21(28)15(2)18(12-22-4)26-20(14)27/h5-6,11-13,23H,3,7-10H2,1-2,4H3,(H,25,28)(H,26,27)/b14-13+,18-15-,22-12-. The third-order valence-corrected chi connectivity index (χ3v) is 5.15. The van der Waals surface area contributed by atoms with Gasteiger partial charge < -0.3 is 20.7 Å². The molecule has 0 radical (unpaired) electrons. The number of carbonyl (C=O) groups is 2. The number of rotatable bonds is 1. The first-order valence-corrected chi connectivity index (χ1v) is 10.3. The number of aromatic nitrogens is 1. The van der Waals surface area contributed by atoms with Crippen molar-refractivity contribution in [2.75, 3.05) is 33.3 Å². The van der Waals surface area contributed by atoms with Gasteiger partial charge in [0.1, 0.15) is 6.61 Å². The van der Waals surface area contributed by atoms with Crippen molar-refractivity contribution in [3.63, 3.8) is 0 Å². The fourth-order valence-corrected chi connectivity index (χ4v) is 3.08. The fourth-order valence-electron chi connectivity index (χ4n) is 2.39. The molecule has 0 aromatic carbocycles. The molecule has 1 aromatic rings. The lowest BCUT2D eigenvalue weighted by atomic mass is 10.2. The Labute approximate surface area is 181 Å². The minimum Gasteiger partial charge on any atom is -0.476 e. The van der Waals surface area contributed by atoms with Crippen molar-refractivity contribution in [3.05, 3.63) is 52.7 Å². The van der Waals surface area contributed by atoms with E-state index in [1.54, 1.807) is 32.5 Å². The lowest BCUT2D eigenvalue weighted by molar-refractivity contribution is -0.117. The number of carbonyl (C=O) groups excluding carboxylic acids is 2. The average molecular weight is 430 g/mol. The Morgan fingerprint density at radius 2 is 2.03 bits per heavy atom. The summed E-state index contributed by atoms with van der Waals surface area (Å²) in [7, 11) is 1.58. The van der Waals surface area contributed by atoms with Crippen LogP contribution in [0.25, 0.3) is 4.91 Å². The van der Waals surface area contributed by atoms with Crippen LogP contribution >= 0.6 is 11.8 Å². The van der Waals surface area contributed by atoms with E-state index < -0.39 is 0 Å². The van der Waals surface area contributed by atoms with Crippen LogP contribution in [-0.2, 0) is 9.59 Å². The van der Waals surface area contributed by atoms with Crippen LogP contribution < -0.4 is 20.7 Å². The van der Waals surface area contributed by atoms with Gasteiger partial charge in [-0.1, -0.05) is 18.3 Å². The van der Waals surface area contributed by atoms with Crippen molar-refractivity contribution in [1.29, 1.82) is 0 Å². The Bertz CT molecular complexity index is 892. The molecule has 3 N–H and O–H groups in total. The number of thioether (sulfide) groups is 1. The monoisotopic (exact) mass is 429 g/mol. The molecule has 160 valence electrons. The van der Waals surface area contributed by atoms with Crippen LogP contribution in [0.2, 0.25) is 0 Å². The number of ether oxygens (including phenoxy) is 1. The highest BCUT2D eigenvalue weighted by Gasteiger charge is 2.13. The van der Waals surface area contributed by atoms with Gasteiger partial charge in [0.25, 0.3) is 5.91 Å². The molecule has 1 aliphatic rings. The number of nitrogens with zero attached hydrogens (tertiary/aromatic N) is 2. The quantitative estimate of drug-likeness (QED) is 0.589. The van der Waals surface area contributed by atoms with Crippen LogP contribution in [-0.4, -0.2) is 56.3 Å². The Morgan fingerprint density at radius 1 is 1.23 bits per heavy atom. The molecule has 9 heteroatoms. The van der Waals surface area contributed by atoms with Crippen molar-refractivity contribution in [2.24, 2.45) is 4.99 Å². The van der Waals surface area contributed by atoms with Crippen LogP contribution in [0.4, 0.5) is 0 Å². The van der Waals surface area contributed by atoms with Crippen LogP contribution in [0.5, 0.6) is 5.88 Å². The van der Waals surface area contributed by atoms with Gasteiger partial charge in [0.05, 0.1) is 5.70 Å². The van der Waals surface area contributed by atoms with Gasteiger partial charge in [-0.15, -0.1) is 0 Å². The minimum atomic E-state index is -0.323. The molecule has 0 spiro atoms. The van der Waals surface area contributed by atoms with E-state index in [4.69, 9.17) is 4.74 Å². The maximum atomic E-state index is 12.6. The zero-order valence-electron chi connectivity index (χ0n) is 17.4. The summed E-state index contributed by atoms with van der Waals surface area (Å²) in [5.74, 6) is -0.0921. The second kappa shape index (κ2) is 11.9. The highest BCUT2D eigenvalue weighted by atomic mass is 32.2. The maximum Gasteiger partial charge on any atom is 0.251 e. The molecule has 0 saturated carbocycles. The number of allylic oxidation sites excluding steroid dienone is 1. The molecular weight excluding hydrogens is 402 g/mol. The molecule has 0 aliphatic carbocycles. The first-order valence-electron chi connectivity index (χ1n) is 9.47. The van der Waals surface area contributed by atoms with E-state index in [2.05, 4.69) is 32.5 Å².